The van der Waals surface area contributed by atoms with Gasteiger partial charge in [0.1, 0.15) is 30.1 Å². The van der Waals surface area contributed by atoms with Crippen molar-refractivity contribution < 1.29 is 28.2 Å². The first-order chi connectivity index (χ1) is 16.8. The molecule has 2 aromatic carbocycles. The SMILES string of the molecule is COc1cc(/C=C2\O[C@H](C)CN3C2=NO[C@]3(CO)c2cc(F)cc(F)c2)ccc1-n1cnc(C)c1. The molecule has 0 saturated carbocycles. The van der Waals surface area contributed by atoms with Gasteiger partial charge in [0.2, 0.25) is 5.84 Å². The van der Waals surface area contributed by atoms with Gasteiger partial charge in [-0.2, -0.15) is 0 Å². The number of rotatable bonds is 5. The smallest absolute Gasteiger partial charge is 0.260 e. The Kier molecular flexibility index (Phi) is 5.68. The number of aryl methyl sites for hydroxylation is 1. The van der Waals surface area contributed by atoms with Gasteiger partial charge in [0.25, 0.3) is 5.72 Å². The molecule has 3 aromatic rings. The van der Waals surface area contributed by atoms with Crippen LogP contribution in [-0.2, 0) is 15.3 Å². The number of hydrogen-bond donors (Lipinski definition) is 1. The number of halogens is 2. The second-order valence-corrected chi connectivity index (χ2v) is 8.51. The highest BCUT2D eigenvalue weighted by Gasteiger charge is 2.51. The molecule has 0 amide bonds. The van der Waals surface area contributed by atoms with Gasteiger partial charge >= 0.3 is 0 Å². The quantitative estimate of drug-likeness (QED) is 0.597. The third-order valence-corrected chi connectivity index (χ3v) is 5.98. The van der Waals surface area contributed by atoms with Crippen LogP contribution in [0.3, 0.4) is 0 Å². The number of fused-ring (bicyclic) bond motifs is 1. The number of nitrogens with zero attached hydrogens (tertiary/aromatic N) is 4. The number of ether oxygens (including phenoxy) is 2. The Bertz CT molecular complexity index is 1320. The number of aliphatic hydroxyl groups excluding tert-OH is 1. The standard InChI is InChI=1S/C25H24F2N4O4/c1-15-11-30(14-28-15)21-5-4-17(6-22(21)33-3)7-23-24-29-35-25(13-32,31(24)12-16(2)34-23)18-8-19(26)10-20(27)9-18/h4-11,14,16,32H,12-13H2,1-3H3/b23-7-/t16-,25-/m1/s1. The highest BCUT2D eigenvalue weighted by atomic mass is 19.1. The van der Waals surface area contributed by atoms with Gasteiger partial charge in [-0.15, -0.1) is 0 Å². The van der Waals surface area contributed by atoms with Crippen LogP contribution in [0.2, 0.25) is 0 Å². The molecule has 0 aliphatic carbocycles. The van der Waals surface area contributed by atoms with Crippen molar-refractivity contribution in [3.05, 3.63) is 83.1 Å². The summed E-state index contributed by atoms with van der Waals surface area (Å²) in [5.74, 6) is -0.217. The number of methoxy groups -OCH3 is 1. The minimum atomic E-state index is -1.57. The number of benzene rings is 2. The Balaban J connectivity index is 1.51. The Labute approximate surface area is 200 Å². The maximum atomic E-state index is 14.0. The molecule has 2 atom stereocenters. The number of imidazole rings is 1. The summed E-state index contributed by atoms with van der Waals surface area (Å²) >= 11 is 0. The van der Waals surface area contributed by atoms with E-state index in [0.717, 1.165) is 35.1 Å². The van der Waals surface area contributed by atoms with Crippen LogP contribution in [0, 0.1) is 18.6 Å². The molecule has 8 nitrogen and oxygen atoms in total. The minimum absolute atomic E-state index is 0.117. The summed E-state index contributed by atoms with van der Waals surface area (Å²) in [6.45, 7) is 3.47. The van der Waals surface area contributed by atoms with Crippen molar-refractivity contribution in [1.29, 1.82) is 0 Å². The number of morpholine rings is 1. The second kappa shape index (κ2) is 8.70. The van der Waals surface area contributed by atoms with Gasteiger partial charge in [-0.25, -0.2) is 13.8 Å². The Hall–Kier alpha value is -3.92. The average Bonchev–Trinajstić information content (AvgIpc) is 3.42. The van der Waals surface area contributed by atoms with E-state index in [0.29, 0.717) is 17.3 Å². The van der Waals surface area contributed by atoms with E-state index in [1.807, 2.05) is 42.8 Å². The molecule has 3 heterocycles. The number of oxime groups is 1. The van der Waals surface area contributed by atoms with Gasteiger partial charge in [-0.3, -0.25) is 0 Å². The summed E-state index contributed by atoms with van der Waals surface area (Å²) in [5.41, 5.74) is 1.02. The third-order valence-electron chi connectivity index (χ3n) is 5.98. The van der Waals surface area contributed by atoms with Gasteiger partial charge in [0.05, 0.1) is 31.4 Å². The largest absolute Gasteiger partial charge is 0.495 e. The summed E-state index contributed by atoms with van der Waals surface area (Å²) in [5, 5.41) is 14.4. The lowest BCUT2D eigenvalue weighted by atomic mass is 9.99. The number of amidine groups is 1. The van der Waals surface area contributed by atoms with Gasteiger partial charge in [-0.1, -0.05) is 11.2 Å². The normalized spacial score (nSPS) is 22.5. The second-order valence-electron chi connectivity index (χ2n) is 8.51. The molecular weight excluding hydrogens is 458 g/mol. The first kappa shape index (κ1) is 22.9. The highest BCUT2D eigenvalue weighted by Crippen LogP contribution is 2.40. The van der Waals surface area contributed by atoms with Crippen molar-refractivity contribution >= 4 is 11.9 Å². The predicted octanol–water partition coefficient (Wildman–Crippen LogP) is 3.72. The molecule has 35 heavy (non-hydrogen) atoms. The van der Waals surface area contributed by atoms with E-state index >= 15 is 0 Å². The lowest BCUT2D eigenvalue weighted by Gasteiger charge is -2.40. The van der Waals surface area contributed by atoms with Crippen LogP contribution in [0.5, 0.6) is 5.75 Å². The summed E-state index contributed by atoms with van der Waals surface area (Å²) in [6, 6.07) is 8.66. The highest BCUT2D eigenvalue weighted by molar-refractivity contribution is 6.01. The van der Waals surface area contributed by atoms with Crippen LogP contribution in [0.25, 0.3) is 11.8 Å². The lowest BCUT2D eigenvalue weighted by Crippen LogP contribution is -2.54. The minimum Gasteiger partial charge on any atom is -0.495 e. The van der Waals surface area contributed by atoms with E-state index in [1.165, 1.54) is 0 Å². The maximum Gasteiger partial charge on any atom is 0.260 e. The van der Waals surface area contributed by atoms with Crippen LogP contribution < -0.4 is 4.74 Å². The van der Waals surface area contributed by atoms with E-state index in [-0.39, 0.29) is 18.2 Å². The van der Waals surface area contributed by atoms with Gasteiger partial charge in [0.15, 0.2) is 5.76 Å². The van der Waals surface area contributed by atoms with Crippen molar-refractivity contribution in [1.82, 2.24) is 14.5 Å². The molecular formula is C25H24F2N4O4. The van der Waals surface area contributed by atoms with E-state index < -0.39 is 24.0 Å². The van der Waals surface area contributed by atoms with Crippen LogP contribution in [0.15, 0.2) is 59.8 Å². The van der Waals surface area contributed by atoms with E-state index in [4.69, 9.17) is 14.3 Å². The molecule has 0 bridgehead atoms. The summed E-state index contributed by atoms with van der Waals surface area (Å²) in [7, 11) is 1.59. The molecule has 1 aromatic heterocycles. The van der Waals surface area contributed by atoms with E-state index in [2.05, 4.69) is 10.1 Å². The van der Waals surface area contributed by atoms with Gasteiger partial charge < -0.3 is 28.9 Å². The first-order valence-electron chi connectivity index (χ1n) is 11.0. The zero-order chi connectivity index (χ0) is 24.7. The molecule has 0 unspecified atom stereocenters. The van der Waals surface area contributed by atoms with Crippen molar-refractivity contribution in [2.75, 3.05) is 20.3 Å². The van der Waals surface area contributed by atoms with E-state index in [1.54, 1.807) is 24.4 Å². The average molecular weight is 482 g/mol. The van der Waals surface area contributed by atoms with Crippen molar-refractivity contribution in [3.8, 4) is 11.4 Å². The van der Waals surface area contributed by atoms with Crippen LogP contribution >= 0.6 is 0 Å². The molecule has 10 heteroatoms. The first-order valence-corrected chi connectivity index (χ1v) is 11.0. The molecule has 182 valence electrons. The molecule has 2 aliphatic heterocycles. The zero-order valence-electron chi connectivity index (χ0n) is 19.4. The van der Waals surface area contributed by atoms with Crippen molar-refractivity contribution in [2.45, 2.75) is 25.7 Å². The number of aromatic nitrogens is 2. The van der Waals surface area contributed by atoms with E-state index in [9.17, 15) is 13.9 Å². The fourth-order valence-electron chi connectivity index (χ4n) is 4.36. The lowest BCUT2D eigenvalue weighted by molar-refractivity contribution is -0.146. The van der Waals surface area contributed by atoms with Crippen LogP contribution in [0.1, 0.15) is 23.7 Å². The fourth-order valence-corrected chi connectivity index (χ4v) is 4.36. The molecule has 0 radical (unpaired) electrons. The predicted molar refractivity (Wildman–Crippen MR) is 124 cm³/mol. The monoisotopic (exact) mass is 482 g/mol. The summed E-state index contributed by atoms with van der Waals surface area (Å²) in [6.07, 6.45) is 5.06. The van der Waals surface area contributed by atoms with Crippen LogP contribution in [0.4, 0.5) is 8.78 Å². The summed E-state index contributed by atoms with van der Waals surface area (Å²) < 4.78 is 41.5. The summed E-state index contributed by atoms with van der Waals surface area (Å²) in [4.78, 5) is 11.6. The molecule has 0 spiro atoms. The number of hydrogen-bond acceptors (Lipinski definition) is 7. The number of aliphatic hydroxyl groups is 1. The van der Waals surface area contributed by atoms with Gasteiger partial charge in [-0.05, 0) is 49.8 Å². The molecule has 1 saturated heterocycles. The topological polar surface area (TPSA) is 81.3 Å². The molecule has 1 N–H and O–H groups in total. The Morgan fingerprint density at radius 2 is 2.00 bits per heavy atom. The molecule has 1 fully saturated rings. The van der Waals surface area contributed by atoms with Gasteiger partial charge in [0, 0.05) is 17.8 Å². The maximum absolute atomic E-state index is 14.0. The molecule has 2 aliphatic rings. The Morgan fingerprint density at radius 1 is 1.23 bits per heavy atom. The zero-order valence-corrected chi connectivity index (χ0v) is 19.4. The molecule has 5 rings (SSSR count). The van der Waals surface area contributed by atoms with Crippen molar-refractivity contribution in [2.24, 2.45) is 5.16 Å². The fraction of sp³-hybridized carbons (Fsp3) is 0.280. The Morgan fingerprint density at radius 3 is 2.66 bits per heavy atom. The van der Waals surface area contributed by atoms with Crippen molar-refractivity contribution in [3.63, 3.8) is 0 Å². The van der Waals surface area contributed by atoms with Crippen LogP contribution in [-0.4, -0.2) is 51.8 Å². The third kappa shape index (κ3) is 3.99.